The zero-order valence-corrected chi connectivity index (χ0v) is 22.3. The molecule has 9 nitrogen and oxygen atoms in total. The lowest BCUT2D eigenvalue weighted by Crippen LogP contribution is -2.19. The predicted molar refractivity (Wildman–Crippen MR) is 148 cm³/mol. The summed E-state index contributed by atoms with van der Waals surface area (Å²) in [5.41, 5.74) is 4.32. The third-order valence-corrected chi connectivity index (χ3v) is 6.51. The van der Waals surface area contributed by atoms with Gasteiger partial charge in [0.15, 0.2) is 11.5 Å². The van der Waals surface area contributed by atoms with Gasteiger partial charge in [0.25, 0.3) is 5.91 Å². The number of hydrogen-bond donors (Lipinski definition) is 2. The van der Waals surface area contributed by atoms with Crippen LogP contribution in [-0.2, 0) is 17.8 Å². The van der Waals surface area contributed by atoms with E-state index in [2.05, 4.69) is 26.0 Å². The number of nitrogens with zero attached hydrogens (tertiary/aromatic N) is 3. The second-order valence-corrected chi connectivity index (χ2v) is 9.58. The standard InChI is InChI=1S/C26H21Cl2N5O4S/c1-36-21-12-16(11-20(28)24(21)37-15-18-9-5-6-10-19(18)27)14-29-31-22(34)13-23-32-33-26(38-23)30-25(35)17-7-3-2-4-8-17/h2-12,14H,13,15H2,1H3,(H,31,34)(H,30,33,35). The molecule has 0 aliphatic heterocycles. The number of halogens is 2. The molecule has 0 aliphatic carbocycles. The lowest BCUT2D eigenvalue weighted by atomic mass is 10.2. The third kappa shape index (κ3) is 7.28. The summed E-state index contributed by atoms with van der Waals surface area (Å²) in [5.74, 6) is 0.0470. The number of methoxy groups -OCH3 is 1. The van der Waals surface area contributed by atoms with E-state index in [0.29, 0.717) is 42.8 Å². The fraction of sp³-hybridized carbons (Fsp3) is 0.115. The van der Waals surface area contributed by atoms with Crippen LogP contribution in [-0.4, -0.2) is 35.3 Å². The molecular weight excluding hydrogens is 549 g/mol. The van der Waals surface area contributed by atoms with E-state index in [1.165, 1.54) is 13.3 Å². The van der Waals surface area contributed by atoms with Crippen molar-refractivity contribution in [2.24, 2.45) is 5.10 Å². The molecule has 0 fully saturated rings. The summed E-state index contributed by atoms with van der Waals surface area (Å²) in [5, 5.41) is 16.1. The summed E-state index contributed by atoms with van der Waals surface area (Å²) in [7, 11) is 1.50. The van der Waals surface area contributed by atoms with Gasteiger partial charge in [-0.05, 0) is 35.9 Å². The van der Waals surface area contributed by atoms with Crippen LogP contribution in [0.1, 0.15) is 26.5 Å². The first-order valence-electron chi connectivity index (χ1n) is 11.2. The van der Waals surface area contributed by atoms with E-state index in [0.717, 1.165) is 16.9 Å². The zero-order valence-electron chi connectivity index (χ0n) is 20.0. The second kappa shape index (κ2) is 13.0. The zero-order chi connectivity index (χ0) is 26.9. The number of nitrogens with one attached hydrogen (secondary N) is 2. The van der Waals surface area contributed by atoms with Crippen LogP contribution in [0.15, 0.2) is 71.8 Å². The summed E-state index contributed by atoms with van der Waals surface area (Å²) in [6.07, 6.45) is 1.37. The Balaban J connectivity index is 1.32. The monoisotopic (exact) mass is 569 g/mol. The van der Waals surface area contributed by atoms with Crippen LogP contribution in [0.3, 0.4) is 0 Å². The molecule has 0 bridgehead atoms. The third-order valence-electron chi connectivity index (χ3n) is 5.02. The maximum Gasteiger partial charge on any atom is 0.257 e. The van der Waals surface area contributed by atoms with E-state index in [1.54, 1.807) is 42.5 Å². The molecule has 0 saturated heterocycles. The molecule has 4 aromatic rings. The number of carbonyl (C=O) groups is 2. The van der Waals surface area contributed by atoms with Crippen LogP contribution < -0.4 is 20.2 Å². The molecule has 2 amide bonds. The van der Waals surface area contributed by atoms with Crippen molar-refractivity contribution in [2.45, 2.75) is 13.0 Å². The summed E-state index contributed by atoms with van der Waals surface area (Å²) in [4.78, 5) is 24.5. The van der Waals surface area contributed by atoms with Gasteiger partial charge in [-0.25, -0.2) is 5.43 Å². The lowest BCUT2D eigenvalue weighted by Gasteiger charge is -2.14. The fourth-order valence-corrected chi connectivity index (χ4v) is 4.41. The van der Waals surface area contributed by atoms with Crippen LogP contribution in [0.5, 0.6) is 11.5 Å². The molecule has 2 N–H and O–H groups in total. The van der Waals surface area contributed by atoms with Crippen molar-refractivity contribution in [3.8, 4) is 11.5 Å². The van der Waals surface area contributed by atoms with Crippen molar-refractivity contribution in [3.05, 3.63) is 98.5 Å². The summed E-state index contributed by atoms with van der Waals surface area (Å²) >= 11 is 13.7. The minimum absolute atomic E-state index is 0.0604. The van der Waals surface area contributed by atoms with Crippen LogP contribution in [0.25, 0.3) is 0 Å². The van der Waals surface area contributed by atoms with Crippen molar-refractivity contribution < 1.29 is 19.1 Å². The highest BCUT2D eigenvalue weighted by Gasteiger charge is 2.14. The second-order valence-electron chi connectivity index (χ2n) is 7.71. The van der Waals surface area contributed by atoms with Crippen LogP contribution in [0, 0.1) is 0 Å². The van der Waals surface area contributed by atoms with Crippen LogP contribution in [0.2, 0.25) is 10.0 Å². The molecule has 0 spiro atoms. The number of anilines is 1. The molecule has 0 unspecified atom stereocenters. The molecule has 0 atom stereocenters. The van der Waals surface area contributed by atoms with Crippen LogP contribution >= 0.6 is 34.5 Å². The fourth-order valence-electron chi connectivity index (χ4n) is 3.21. The van der Waals surface area contributed by atoms with Gasteiger partial charge in [-0.1, -0.05) is 70.9 Å². The lowest BCUT2D eigenvalue weighted by molar-refractivity contribution is -0.120. The highest BCUT2D eigenvalue weighted by Crippen LogP contribution is 2.37. The van der Waals surface area contributed by atoms with Gasteiger partial charge in [0.2, 0.25) is 11.0 Å². The van der Waals surface area contributed by atoms with E-state index in [1.807, 2.05) is 24.3 Å². The largest absolute Gasteiger partial charge is 0.493 e. The molecule has 1 aromatic heterocycles. The Kier molecular flexibility index (Phi) is 9.26. The van der Waals surface area contributed by atoms with E-state index in [4.69, 9.17) is 32.7 Å². The highest BCUT2D eigenvalue weighted by atomic mass is 35.5. The van der Waals surface area contributed by atoms with Gasteiger partial charge in [-0.3, -0.25) is 14.9 Å². The number of rotatable bonds is 10. The maximum absolute atomic E-state index is 12.3. The van der Waals surface area contributed by atoms with Gasteiger partial charge >= 0.3 is 0 Å². The molecule has 0 radical (unpaired) electrons. The van der Waals surface area contributed by atoms with Gasteiger partial charge in [-0.2, -0.15) is 5.10 Å². The molecule has 194 valence electrons. The topological polar surface area (TPSA) is 115 Å². The minimum atomic E-state index is -0.406. The minimum Gasteiger partial charge on any atom is -0.493 e. The van der Waals surface area contributed by atoms with Gasteiger partial charge < -0.3 is 9.47 Å². The van der Waals surface area contributed by atoms with Crippen molar-refractivity contribution in [1.29, 1.82) is 0 Å². The first-order chi connectivity index (χ1) is 18.4. The maximum atomic E-state index is 12.3. The molecule has 38 heavy (non-hydrogen) atoms. The van der Waals surface area contributed by atoms with Crippen molar-refractivity contribution >= 4 is 57.7 Å². The van der Waals surface area contributed by atoms with Gasteiger partial charge in [0, 0.05) is 16.1 Å². The number of hydrazone groups is 1. The first kappa shape index (κ1) is 27.1. The van der Waals surface area contributed by atoms with E-state index in [9.17, 15) is 9.59 Å². The molecule has 0 aliphatic rings. The SMILES string of the molecule is COc1cc(C=NNC(=O)Cc2nnc(NC(=O)c3ccccc3)s2)cc(Cl)c1OCc1ccccc1Cl. The van der Waals surface area contributed by atoms with Gasteiger partial charge in [-0.15, -0.1) is 10.2 Å². The van der Waals surface area contributed by atoms with Crippen molar-refractivity contribution in [1.82, 2.24) is 15.6 Å². The Labute approximate surface area is 232 Å². The number of benzene rings is 3. The van der Waals surface area contributed by atoms with Gasteiger partial charge in [0.05, 0.1) is 24.8 Å². The summed E-state index contributed by atoms with van der Waals surface area (Å²) in [6.45, 7) is 0.211. The molecule has 1 heterocycles. The summed E-state index contributed by atoms with van der Waals surface area (Å²) in [6, 6.07) is 19.4. The smallest absolute Gasteiger partial charge is 0.257 e. The Morgan fingerprint density at radius 1 is 1.03 bits per heavy atom. The Hall–Kier alpha value is -3.99. The molecule has 12 heteroatoms. The quantitative estimate of drug-likeness (QED) is 0.196. The van der Waals surface area contributed by atoms with E-state index < -0.39 is 5.91 Å². The summed E-state index contributed by atoms with van der Waals surface area (Å²) < 4.78 is 11.3. The predicted octanol–water partition coefficient (Wildman–Crippen LogP) is 5.38. The van der Waals surface area contributed by atoms with Crippen molar-refractivity contribution in [2.75, 3.05) is 12.4 Å². The Bertz CT molecular complexity index is 1460. The molecular formula is C26H21Cl2N5O4S. The first-order valence-corrected chi connectivity index (χ1v) is 12.7. The Morgan fingerprint density at radius 2 is 1.79 bits per heavy atom. The number of aromatic nitrogens is 2. The van der Waals surface area contributed by atoms with Crippen LogP contribution in [0.4, 0.5) is 5.13 Å². The number of carbonyl (C=O) groups excluding carboxylic acids is 2. The molecule has 4 rings (SSSR count). The normalized spacial score (nSPS) is 10.8. The van der Waals surface area contributed by atoms with Gasteiger partial charge in [0.1, 0.15) is 11.6 Å². The van der Waals surface area contributed by atoms with E-state index in [-0.39, 0.29) is 18.9 Å². The average molecular weight is 570 g/mol. The average Bonchev–Trinajstić information content (AvgIpc) is 3.35. The number of ether oxygens (including phenoxy) is 2. The number of hydrogen-bond acceptors (Lipinski definition) is 8. The van der Waals surface area contributed by atoms with Crippen molar-refractivity contribution in [3.63, 3.8) is 0 Å². The highest BCUT2D eigenvalue weighted by molar-refractivity contribution is 7.15. The Morgan fingerprint density at radius 3 is 2.55 bits per heavy atom. The van der Waals surface area contributed by atoms with E-state index >= 15 is 0 Å². The molecule has 3 aromatic carbocycles. The number of amides is 2. The molecule has 0 saturated carbocycles.